The summed E-state index contributed by atoms with van der Waals surface area (Å²) in [6.45, 7) is 0. The van der Waals surface area contributed by atoms with Crippen LogP contribution in [0.25, 0.3) is 0 Å². The third-order valence-corrected chi connectivity index (χ3v) is 1.35. The molecule has 72 valence electrons. The van der Waals surface area contributed by atoms with Gasteiger partial charge in [0.1, 0.15) is 0 Å². The van der Waals surface area contributed by atoms with Crippen LogP contribution >= 0.6 is 0 Å². The lowest BCUT2D eigenvalue weighted by Crippen LogP contribution is -2.32. The van der Waals surface area contributed by atoms with E-state index in [1.807, 2.05) is 0 Å². The summed E-state index contributed by atoms with van der Waals surface area (Å²) in [6, 6.07) is 1.04. The van der Waals surface area contributed by atoms with Gasteiger partial charge in [-0.15, -0.1) is 0 Å². The van der Waals surface area contributed by atoms with Gasteiger partial charge in [0.05, 0.1) is 5.59 Å². The van der Waals surface area contributed by atoms with Gasteiger partial charge in [0.2, 0.25) is 0 Å². The highest BCUT2D eigenvalue weighted by Gasteiger charge is 2.23. The largest absolute Gasteiger partial charge is 0.510 e. The fourth-order valence-corrected chi connectivity index (χ4v) is 0.743. The molecule has 0 spiro atoms. The Labute approximate surface area is 71.7 Å². The molecule has 0 radical (unpaired) electrons. The molecule has 4 nitrogen and oxygen atoms in total. The van der Waals surface area contributed by atoms with E-state index >= 15 is 0 Å². The fraction of sp³-hybridized carbons (Fsp3) is 0.400. The van der Waals surface area contributed by atoms with Crippen molar-refractivity contribution in [3.05, 3.63) is 12.3 Å². The van der Waals surface area contributed by atoms with Crippen molar-refractivity contribution in [2.24, 2.45) is 0 Å². The van der Waals surface area contributed by atoms with Crippen molar-refractivity contribution in [1.29, 1.82) is 0 Å². The lowest BCUT2D eigenvalue weighted by Gasteiger charge is -2.06. The van der Waals surface area contributed by atoms with Crippen LogP contribution in [-0.2, 0) is 0 Å². The van der Waals surface area contributed by atoms with Gasteiger partial charge in [-0.2, -0.15) is 5.10 Å². The summed E-state index contributed by atoms with van der Waals surface area (Å²) in [4.78, 5) is 0. The van der Waals surface area contributed by atoms with Crippen LogP contribution in [0.1, 0.15) is 6.30 Å². The predicted molar refractivity (Wildman–Crippen MR) is 38.2 cm³/mol. The molecule has 1 atom stereocenters. The Balaban J connectivity index is 2.79. The van der Waals surface area contributed by atoms with Gasteiger partial charge in [-0.3, -0.25) is 0 Å². The third-order valence-electron chi connectivity index (χ3n) is 1.35. The quantitative estimate of drug-likeness (QED) is 0.625. The molecule has 1 heterocycles. The molecule has 0 aliphatic rings. The number of aromatic nitrogens is 2. The summed E-state index contributed by atoms with van der Waals surface area (Å²) >= 11 is 0. The van der Waals surface area contributed by atoms with E-state index in [0.29, 0.717) is 4.68 Å². The van der Waals surface area contributed by atoms with E-state index in [1.54, 1.807) is 0 Å². The average molecular weight is 194 g/mol. The fourth-order valence-electron chi connectivity index (χ4n) is 0.743. The lowest BCUT2D eigenvalue weighted by atomic mass is 9.87. The zero-order valence-electron chi connectivity index (χ0n) is 6.31. The molecular formula is C5H6BF3N2O2. The summed E-state index contributed by atoms with van der Waals surface area (Å²) in [7, 11) is -1.88. The monoisotopic (exact) mass is 194 g/mol. The van der Waals surface area contributed by atoms with Gasteiger partial charge in [0.15, 0.2) is 0 Å². The molecule has 1 aromatic rings. The van der Waals surface area contributed by atoms with Gasteiger partial charge in [0, 0.05) is 6.20 Å². The van der Waals surface area contributed by atoms with Crippen molar-refractivity contribution < 1.29 is 23.2 Å². The maximum absolute atomic E-state index is 12.5. The molecule has 0 aliphatic carbocycles. The zero-order valence-corrected chi connectivity index (χ0v) is 6.31. The van der Waals surface area contributed by atoms with E-state index < -0.39 is 19.8 Å². The van der Waals surface area contributed by atoms with Crippen LogP contribution in [0.15, 0.2) is 12.3 Å². The van der Waals surface area contributed by atoms with Crippen LogP contribution in [0.5, 0.6) is 0 Å². The van der Waals surface area contributed by atoms with Gasteiger partial charge in [-0.25, -0.2) is 17.9 Å². The minimum absolute atomic E-state index is 0.275. The first-order valence-corrected chi connectivity index (χ1v) is 3.36. The minimum atomic E-state index is -3.19. The van der Waals surface area contributed by atoms with E-state index in [9.17, 15) is 13.2 Å². The standard InChI is InChI=1S/C5H6BF3N2O2/c7-4(8)5(9)11-2-1-3(10-11)6(12)13/h1-2,4-5,12-13H. The molecule has 1 unspecified atom stereocenters. The Kier molecular flexibility index (Phi) is 2.94. The van der Waals surface area contributed by atoms with Crippen LogP contribution in [0, 0.1) is 0 Å². The highest BCUT2D eigenvalue weighted by molar-refractivity contribution is 6.57. The summed E-state index contributed by atoms with van der Waals surface area (Å²) in [6.07, 6.45) is -4.85. The van der Waals surface area contributed by atoms with Gasteiger partial charge in [-0.1, -0.05) is 0 Å². The topological polar surface area (TPSA) is 58.3 Å². The minimum Gasteiger partial charge on any atom is -0.422 e. The summed E-state index contributed by atoms with van der Waals surface area (Å²) in [5.74, 6) is 0. The van der Waals surface area contributed by atoms with Gasteiger partial charge < -0.3 is 10.0 Å². The normalized spacial score (nSPS) is 13.4. The number of rotatable bonds is 3. The van der Waals surface area contributed by atoms with E-state index in [0.717, 1.165) is 12.3 Å². The van der Waals surface area contributed by atoms with Crippen molar-refractivity contribution >= 4 is 12.7 Å². The Hall–Kier alpha value is -1.02. The number of halogens is 3. The number of hydrogen-bond acceptors (Lipinski definition) is 3. The molecule has 0 saturated heterocycles. The molecule has 0 bridgehead atoms. The molecule has 0 amide bonds. The van der Waals surface area contributed by atoms with Gasteiger partial charge >= 0.3 is 7.12 Å². The van der Waals surface area contributed by atoms with E-state index in [4.69, 9.17) is 10.0 Å². The first kappa shape index (κ1) is 10.1. The van der Waals surface area contributed by atoms with Crippen LogP contribution in [0.2, 0.25) is 0 Å². The molecule has 1 aromatic heterocycles. The molecule has 2 N–H and O–H groups in total. The molecule has 13 heavy (non-hydrogen) atoms. The molecule has 8 heteroatoms. The van der Waals surface area contributed by atoms with Gasteiger partial charge in [-0.05, 0) is 6.07 Å². The highest BCUT2D eigenvalue weighted by Crippen LogP contribution is 2.15. The van der Waals surface area contributed by atoms with Crippen LogP contribution < -0.4 is 5.59 Å². The Morgan fingerprint density at radius 2 is 2.00 bits per heavy atom. The number of hydrogen-bond donors (Lipinski definition) is 2. The smallest absolute Gasteiger partial charge is 0.422 e. The van der Waals surface area contributed by atoms with E-state index in [-0.39, 0.29) is 5.59 Å². The van der Waals surface area contributed by atoms with Crippen LogP contribution in [0.3, 0.4) is 0 Å². The second-order valence-electron chi connectivity index (χ2n) is 2.30. The average Bonchev–Trinajstić information content (AvgIpc) is 2.50. The highest BCUT2D eigenvalue weighted by atomic mass is 19.3. The predicted octanol–water partition coefficient (Wildman–Crippen LogP) is -0.704. The van der Waals surface area contributed by atoms with E-state index in [2.05, 4.69) is 5.10 Å². The van der Waals surface area contributed by atoms with Crippen molar-refractivity contribution in [3.8, 4) is 0 Å². The van der Waals surface area contributed by atoms with Crippen molar-refractivity contribution in [1.82, 2.24) is 9.78 Å². The summed E-state index contributed by atoms with van der Waals surface area (Å²) in [5, 5.41) is 20.2. The van der Waals surface area contributed by atoms with Crippen LogP contribution in [-0.4, -0.2) is 33.4 Å². The van der Waals surface area contributed by atoms with Gasteiger partial charge in [0.25, 0.3) is 12.7 Å². The van der Waals surface area contributed by atoms with Crippen molar-refractivity contribution in [2.75, 3.05) is 0 Å². The Morgan fingerprint density at radius 3 is 2.38 bits per heavy atom. The molecule has 0 aliphatic heterocycles. The first-order valence-electron chi connectivity index (χ1n) is 3.36. The van der Waals surface area contributed by atoms with Crippen molar-refractivity contribution in [2.45, 2.75) is 12.7 Å². The van der Waals surface area contributed by atoms with Crippen LogP contribution in [0.4, 0.5) is 13.2 Å². The molecule has 1 rings (SSSR count). The molecule has 0 fully saturated rings. The molecular weight excluding hydrogens is 188 g/mol. The summed E-state index contributed by atoms with van der Waals surface area (Å²) in [5.41, 5.74) is -0.275. The lowest BCUT2D eigenvalue weighted by molar-refractivity contribution is 0.000940. The Bertz CT molecular complexity index is 280. The first-order chi connectivity index (χ1) is 6.02. The van der Waals surface area contributed by atoms with E-state index in [1.165, 1.54) is 0 Å². The third kappa shape index (κ3) is 2.22. The molecule has 0 aromatic carbocycles. The zero-order chi connectivity index (χ0) is 10.0. The summed E-state index contributed by atoms with van der Waals surface area (Å²) < 4.78 is 36.4. The van der Waals surface area contributed by atoms with Crippen molar-refractivity contribution in [3.63, 3.8) is 0 Å². The Morgan fingerprint density at radius 1 is 1.38 bits per heavy atom. The maximum atomic E-state index is 12.5. The molecule has 0 saturated carbocycles. The second-order valence-corrected chi connectivity index (χ2v) is 2.30. The number of nitrogens with zero attached hydrogens (tertiary/aromatic N) is 2. The number of alkyl halides is 3. The SMILES string of the molecule is OB(O)c1ccn(C(F)C(F)F)n1. The second kappa shape index (κ2) is 3.80. The maximum Gasteiger partial charge on any atom is 0.510 e.